The van der Waals surface area contributed by atoms with E-state index in [1.165, 1.54) is 6.07 Å². The molecule has 0 bridgehead atoms. The van der Waals surface area contributed by atoms with E-state index in [-0.39, 0.29) is 12.3 Å². The van der Waals surface area contributed by atoms with Crippen molar-refractivity contribution in [2.45, 2.75) is 20.3 Å². The van der Waals surface area contributed by atoms with Gasteiger partial charge in [0, 0.05) is 22.5 Å². The third kappa shape index (κ3) is 5.48. The van der Waals surface area contributed by atoms with Crippen LogP contribution in [0.1, 0.15) is 29.3 Å². The number of hydrazone groups is 1. The van der Waals surface area contributed by atoms with Gasteiger partial charge in [-0.05, 0) is 49.7 Å². The molecule has 6 nitrogen and oxygen atoms in total. The Labute approximate surface area is 144 Å². The largest absolute Gasteiger partial charge is 0.310 e. The normalized spacial score (nSPS) is 11.0. The number of benzene rings is 1. The average Bonchev–Trinajstić information content (AvgIpc) is 2.52. The summed E-state index contributed by atoms with van der Waals surface area (Å²) in [5, 5.41) is 7.07. The van der Waals surface area contributed by atoms with E-state index >= 15 is 0 Å². The summed E-state index contributed by atoms with van der Waals surface area (Å²) in [7, 11) is 0. The number of hydrogen-bond acceptors (Lipinski definition) is 4. The topological polar surface area (TPSA) is 83.4 Å². The molecule has 0 aliphatic carbocycles. The first-order chi connectivity index (χ1) is 11.4. The number of halogens is 1. The lowest BCUT2D eigenvalue weighted by atomic mass is 10.2. The molecule has 0 fully saturated rings. The maximum absolute atomic E-state index is 11.9. The molecule has 2 rings (SSSR count). The van der Waals surface area contributed by atoms with Crippen molar-refractivity contribution in [1.82, 2.24) is 10.4 Å². The van der Waals surface area contributed by atoms with E-state index in [0.29, 0.717) is 22.1 Å². The second-order valence-electron chi connectivity index (χ2n) is 5.24. The smallest absolute Gasteiger partial charge is 0.271 e. The van der Waals surface area contributed by atoms with Crippen LogP contribution in [0.15, 0.2) is 47.7 Å². The quantitative estimate of drug-likeness (QED) is 0.645. The van der Waals surface area contributed by atoms with Gasteiger partial charge in [0.15, 0.2) is 0 Å². The Morgan fingerprint density at radius 1 is 1.25 bits per heavy atom. The molecule has 0 unspecified atom stereocenters. The molecule has 0 spiro atoms. The Bertz CT molecular complexity index is 790. The summed E-state index contributed by atoms with van der Waals surface area (Å²) < 4.78 is 0. The highest BCUT2D eigenvalue weighted by Gasteiger charge is 2.08. The number of carbonyl (C=O) groups excluding carboxylic acids is 2. The van der Waals surface area contributed by atoms with Crippen molar-refractivity contribution in [3.05, 3.63) is 58.7 Å². The highest BCUT2D eigenvalue weighted by molar-refractivity contribution is 6.30. The van der Waals surface area contributed by atoms with Crippen molar-refractivity contribution in [2.75, 3.05) is 5.32 Å². The van der Waals surface area contributed by atoms with E-state index in [1.807, 2.05) is 13.0 Å². The van der Waals surface area contributed by atoms with Crippen LogP contribution in [-0.4, -0.2) is 22.5 Å². The van der Waals surface area contributed by atoms with E-state index in [0.717, 1.165) is 5.56 Å². The van der Waals surface area contributed by atoms with Crippen LogP contribution in [0, 0.1) is 6.92 Å². The molecule has 2 amide bonds. The van der Waals surface area contributed by atoms with Crippen LogP contribution >= 0.6 is 11.6 Å². The molecular formula is C17H17ClN4O2. The van der Waals surface area contributed by atoms with Gasteiger partial charge in [-0.1, -0.05) is 17.7 Å². The summed E-state index contributed by atoms with van der Waals surface area (Å²) in [6.45, 7) is 3.57. The standard InChI is InChI=1S/C17H17ClN4O2/c1-11-6-7-19-15(8-11)20-16(23)9-12(2)21-22-17(24)13-4-3-5-14(18)10-13/h3-8,10H,9H2,1-2H3,(H,22,24)(H,19,20,23)/b21-12+. The minimum absolute atomic E-state index is 0.0471. The molecule has 0 saturated heterocycles. The third-order valence-corrected chi connectivity index (χ3v) is 3.27. The van der Waals surface area contributed by atoms with Crippen LogP contribution in [0.3, 0.4) is 0 Å². The van der Waals surface area contributed by atoms with E-state index in [4.69, 9.17) is 11.6 Å². The lowest BCUT2D eigenvalue weighted by Gasteiger charge is -2.05. The van der Waals surface area contributed by atoms with Gasteiger partial charge < -0.3 is 5.32 Å². The lowest BCUT2D eigenvalue weighted by molar-refractivity contribution is -0.115. The van der Waals surface area contributed by atoms with Crippen molar-refractivity contribution in [2.24, 2.45) is 5.10 Å². The van der Waals surface area contributed by atoms with Gasteiger partial charge in [0.05, 0.1) is 6.42 Å². The fourth-order valence-corrected chi connectivity index (χ4v) is 2.09. The SMILES string of the molecule is C/C(CC(=O)Nc1cc(C)ccn1)=N\NC(=O)c1cccc(Cl)c1. The molecule has 0 aliphatic heterocycles. The van der Waals surface area contributed by atoms with E-state index in [1.54, 1.807) is 37.4 Å². The lowest BCUT2D eigenvalue weighted by Crippen LogP contribution is -2.21. The van der Waals surface area contributed by atoms with Crippen LogP contribution in [0.2, 0.25) is 5.02 Å². The molecule has 1 heterocycles. The zero-order valence-electron chi connectivity index (χ0n) is 13.3. The molecule has 24 heavy (non-hydrogen) atoms. The van der Waals surface area contributed by atoms with E-state index in [9.17, 15) is 9.59 Å². The highest BCUT2D eigenvalue weighted by Crippen LogP contribution is 2.10. The number of nitrogens with zero attached hydrogens (tertiary/aromatic N) is 2. The van der Waals surface area contributed by atoms with Crippen molar-refractivity contribution in [3.63, 3.8) is 0 Å². The van der Waals surface area contributed by atoms with Crippen LogP contribution in [0.25, 0.3) is 0 Å². The number of anilines is 1. The predicted molar refractivity (Wildman–Crippen MR) is 94.2 cm³/mol. The van der Waals surface area contributed by atoms with E-state index < -0.39 is 5.91 Å². The van der Waals surface area contributed by atoms with Gasteiger partial charge in [0.1, 0.15) is 5.82 Å². The number of amides is 2. The summed E-state index contributed by atoms with van der Waals surface area (Å²) in [5.41, 5.74) is 4.26. The average molecular weight is 345 g/mol. The van der Waals surface area contributed by atoms with Crippen molar-refractivity contribution >= 4 is 34.9 Å². The molecule has 1 aromatic carbocycles. The van der Waals surface area contributed by atoms with Gasteiger partial charge in [-0.2, -0.15) is 5.10 Å². The number of aryl methyl sites for hydroxylation is 1. The van der Waals surface area contributed by atoms with Gasteiger partial charge >= 0.3 is 0 Å². The maximum atomic E-state index is 11.9. The molecule has 0 aliphatic rings. The Morgan fingerprint density at radius 2 is 2.04 bits per heavy atom. The molecule has 124 valence electrons. The van der Waals surface area contributed by atoms with Crippen molar-refractivity contribution in [3.8, 4) is 0 Å². The summed E-state index contributed by atoms with van der Waals surface area (Å²) in [6.07, 6.45) is 1.67. The zero-order chi connectivity index (χ0) is 17.5. The van der Waals surface area contributed by atoms with Crippen LogP contribution in [0.4, 0.5) is 5.82 Å². The first kappa shape index (κ1) is 17.6. The van der Waals surface area contributed by atoms with E-state index in [2.05, 4.69) is 20.8 Å². The first-order valence-corrected chi connectivity index (χ1v) is 7.63. The number of rotatable bonds is 5. The molecule has 1 aromatic heterocycles. The zero-order valence-corrected chi connectivity index (χ0v) is 14.1. The Kier molecular flexibility index (Phi) is 6.03. The second-order valence-corrected chi connectivity index (χ2v) is 5.68. The van der Waals surface area contributed by atoms with Crippen molar-refractivity contribution < 1.29 is 9.59 Å². The monoisotopic (exact) mass is 344 g/mol. The number of aromatic nitrogens is 1. The number of pyridine rings is 1. The second kappa shape index (κ2) is 8.21. The maximum Gasteiger partial charge on any atom is 0.271 e. The highest BCUT2D eigenvalue weighted by atomic mass is 35.5. The molecule has 0 saturated carbocycles. The molecular weight excluding hydrogens is 328 g/mol. The molecule has 0 atom stereocenters. The van der Waals surface area contributed by atoms with Crippen molar-refractivity contribution in [1.29, 1.82) is 0 Å². The van der Waals surface area contributed by atoms with Gasteiger partial charge in [-0.15, -0.1) is 0 Å². The van der Waals surface area contributed by atoms with Gasteiger partial charge in [0.2, 0.25) is 5.91 Å². The number of nitrogens with one attached hydrogen (secondary N) is 2. The van der Waals surface area contributed by atoms with Crippen LogP contribution in [0.5, 0.6) is 0 Å². The molecule has 7 heteroatoms. The number of carbonyl (C=O) groups is 2. The summed E-state index contributed by atoms with van der Waals surface area (Å²) in [5.74, 6) is -0.167. The molecule has 2 N–H and O–H groups in total. The Hall–Kier alpha value is -2.73. The Balaban J connectivity index is 1.89. The summed E-state index contributed by atoms with van der Waals surface area (Å²) >= 11 is 5.83. The summed E-state index contributed by atoms with van der Waals surface area (Å²) in [4.78, 5) is 27.9. The third-order valence-electron chi connectivity index (χ3n) is 3.03. The van der Waals surface area contributed by atoms with Gasteiger partial charge in [-0.3, -0.25) is 9.59 Å². The minimum Gasteiger partial charge on any atom is -0.310 e. The van der Waals surface area contributed by atoms with Crippen LogP contribution in [-0.2, 0) is 4.79 Å². The fourth-order valence-electron chi connectivity index (χ4n) is 1.90. The molecule has 0 radical (unpaired) electrons. The Morgan fingerprint density at radius 3 is 2.75 bits per heavy atom. The van der Waals surface area contributed by atoms with Gasteiger partial charge in [0.25, 0.3) is 5.91 Å². The first-order valence-electron chi connectivity index (χ1n) is 7.25. The van der Waals surface area contributed by atoms with Crippen LogP contribution < -0.4 is 10.7 Å². The number of hydrogen-bond donors (Lipinski definition) is 2. The fraction of sp³-hybridized carbons (Fsp3) is 0.176. The van der Waals surface area contributed by atoms with Gasteiger partial charge in [-0.25, -0.2) is 10.4 Å². The predicted octanol–water partition coefficient (Wildman–Crippen LogP) is 3.18. The minimum atomic E-state index is -0.391. The summed E-state index contributed by atoms with van der Waals surface area (Å²) in [6, 6.07) is 10.1. The molecule has 2 aromatic rings.